The summed E-state index contributed by atoms with van der Waals surface area (Å²) in [6.45, 7) is 9.94. The van der Waals surface area contributed by atoms with Crippen LogP contribution in [0.15, 0.2) is 55.1 Å². The number of piperidine rings is 1. The number of ether oxygens (including phenoxy) is 1. The monoisotopic (exact) mass is 406 g/mol. The molecule has 2 atom stereocenters. The first-order valence-corrected chi connectivity index (χ1v) is 10.4. The van der Waals surface area contributed by atoms with Crippen molar-refractivity contribution in [3.8, 4) is 11.4 Å². The number of aromatic nitrogens is 3. The highest BCUT2D eigenvalue weighted by Crippen LogP contribution is 2.26. The molecule has 1 aromatic carbocycles. The van der Waals surface area contributed by atoms with Crippen molar-refractivity contribution in [3.63, 3.8) is 0 Å². The van der Waals surface area contributed by atoms with E-state index in [0.717, 1.165) is 36.3 Å². The quantitative estimate of drug-likeness (QED) is 0.645. The largest absolute Gasteiger partial charge is 0.497 e. The lowest BCUT2D eigenvalue weighted by Gasteiger charge is -2.38. The third-order valence-electron chi connectivity index (χ3n) is 5.45. The molecule has 6 heteroatoms. The Hall–Kier alpha value is -3.15. The average Bonchev–Trinajstić information content (AvgIpc) is 3.19. The molecule has 2 aromatic rings. The van der Waals surface area contributed by atoms with Crippen LogP contribution in [0, 0.1) is 0 Å². The number of hydrogen-bond acceptors (Lipinski definition) is 4. The van der Waals surface area contributed by atoms with Gasteiger partial charge in [0.2, 0.25) is 5.82 Å². The van der Waals surface area contributed by atoms with Gasteiger partial charge in [-0.1, -0.05) is 30.9 Å². The van der Waals surface area contributed by atoms with Gasteiger partial charge < -0.3 is 9.64 Å². The average molecular weight is 407 g/mol. The molecule has 0 saturated carbocycles. The van der Waals surface area contributed by atoms with Crippen LogP contribution in [0.25, 0.3) is 11.3 Å². The zero-order chi connectivity index (χ0) is 21.7. The molecule has 0 N–H and O–H groups in total. The number of methoxy groups -OCH3 is 1. The van der Waals surface area contributed by atoms with Crippen molar-refractivity contribution in [3.05, 3.63) is 66.8 Å². The van der Waals surface area contributed by atoms with Gasteiger partial charge >= 0.3 is 0 Å². The molecule has 2 heterocycles. The Morgan fingerprint density at radius 3 is 2.43 bits per heavy atom. The molecular formula is C24H30N4O2. The van der Waals surface area contributed by atoms with E-state index in [0.29, 0.717) is 5.82 Å². The Morgan fingerprint density at radius 2 is 1.87 bits per heavy atom. The summed E-state index contributed by atoms with van der Waals surface area (Å²) in [4.78, 5) is 20.0. The summed E-state index contributed by atoms with van der Waals surface area (Å²) in [7, 11) is 1.63. The molecule has 2 unspecified atom stereocenters. The molecule has 158 valence electrons. The zero-order valence-electron chi connectivity index (χ0n) is 18.2. The number of allylic oxidation sites excluding steroid dienone is 5. The Kier molecular flexibility index (Phi) is 6.87. The highest BCUT2D eigenvalue weighted by molar-refractivity contribution is 5.91. The van der Waals surface area contributed by atoms with Crippen LogP contribution in [-0.4, -0.2) is 44.8 Å². The van der Waals surface area contributed by atoms with E-state index < -0.39 is 0 Å². The summed E-state index contributed by atoms with van der Waals surface area (Å²) in [6.07, 6.45) is 10.6. The Labute approximate surface area is 178 Å². The van der Waals surface area contributed by atoms with E-state index in [1.165, 1.54) is 0 Å². The maximum Gasteiger partial charge on any atom is 0.294 e. The predicted octanol–water partition coefficient (Wildman–Crippen LogP) is 4.82. The highest BCUT2D eigenvalue weighted by atomic mass is 16.5. The molecule has 30 heavy (non-hydrogen) atoms. The first-order chi connectivity index (χ1) is 14.5. The molecule has 1 aliphatic heterocycles. The number of carbonyl (C=O) groups is 1. The Morgan fingerprint density at radius 1 is 1.20 bits per heavy atom. The van der Waals surface area contributed by atoms with Crippen molar-refractivity contribution < 1.29 is 9.53 Å². The summed E-state index contributed by atoms with van der Waals surface area (Å²) < 4.78 is 6.97. The van der Waals surface area contributed by atoms with Crippen LogP contribution >= 0.6 is 0 Å². The van der Waals surface area contributed by atoms with E-state index in [2.05, 4.69) is 30.5 Å². The number of nitrogens with zero attached hydrogens (tertiary/aromatic N) is 4. The number of hydrogen-bond donors (Lipinski definition) is 0. The smallest absolute Gasteiger partial charge is 0.294 e. The molecule has 6 nitrogen and oxygen atoms in total. The van der Waals surface area contributed by atoms with Gasteiger partial charge in [-0.25, -0.2) is 9.67 Å². The molecule has 1 fully saturated rings. The minimum atomic E-state index is -0.123. The standard InChI is InChI=1S/C24H30N4O2/c1-6-9-19(10-7-2)23-25-22(24(29)27-17(3)11-8-12-18(27)4)26-28(23)20-13-15-21(30-5)16-14-20/h6-7,9-10,13-18H,1,8,11-12H2,2-5H3/b10-7-,19-9+. The highest BCUT2D eigenvalue weighted by Gasteiger charge is 2.32. The maximum absolute atomic E-state index is 13.4. The van der Waals surface area contributed by atoms with E-state index in [1.807, 2.05) is 54.3 Å². The van der Waals surface area contributed by atoms with Gasteiger partial charge in [0.15, 0.2) is 5.82 Å². The van der Waals surface area contributed by atoms with Crippen molar-refractivity contribution in [2.24, 2.45) is 0 Å². The molecule has 3 rings (SSSR count). The summed E-state index contributed by atoms with van der Waals surface area (Å²) >= 11 is 0. The molecule has 1 saturated heterocycles. The molecule has 1 aromatic heterocycles. The Balaban J connectivity index is 2.10. The molecule has 1 aliphatic rings. The third-order valence-corrected chi connectivity index (χ3v) is 5.45. The van der Waals surface area contributed by atoms with Gasteiger partial charge in [-0.15, -0.1) is 5.10 Å². The second-order valence-electron chi connectivity index (χ2n) is 7.57. The van der Waals surface area contributed by atoms with Crippen molar-refractivity contribution in [2.75, 3.05) is 7.11 Å². The van der Waals surface area contributed by atoms with E-state index >= 15 is 0 Å². The number of amides is 1. The van der Waals surface area contributed by atoms with E-state index in [1.54, 1.807) is 17.9 Å². The van der Waals surface area contributed by atoms with Crippen LogP contribution in [0.3, 0.4) is 0 Å². The van der Waals surface area contributed by atoms with Gasteiger partial charge in [0.25, 0.3) is 5.91 Å². The second-order valence-corrected chi connectivity index (χ2v) is 7.57. The molecule has 0 aliphatic carbocycles. The van der Waals surface area contributed by atoms with Crippen LogP contribution < -0.4 is 4.74 Å². The Bertz CT molecular complexity index is 946. The number of rotatable bonds is 6. The topological polar surface area (TPSA) is 60.2 Å². The summed E-state index contributed by atoms with van der Waals surface area (Å²) in [6, 6.07) is 7.89. The lowest BCUT2D eigenvalue weighted by Crippen LogP contribution is -2.47. The lowest BCUT2D eigenvalue weighted by atomic mass is 9.97. The summed E-state index contributed by atoms with van der Waals surface area (Å²) in [5.74, 6) is 1.43. The van der Waals surface area contributed by atoms with Crippen LogP contribution in [0.1, 0.15) is 56.5 Å². The minimum absolute atomic E-state index is 0.123. The molecule has 0 radical (unpaired) electrons. The molecule has 1 amide bonds. The van der Waals surface area contributed by atoms with Crippen molar-refractivity contribution in [1.29, 1.82) is 0 Å². The summed E-state index contributed by atoms with van der Waals surface area (Å²) in [5.41, 5.74) is 1.63. The van der Waals surface area contributed by atoms with Crippen LogP contribution in [0.2, 0.25) is 0 Å². The number of carbonyl (C=O) groups excluding carboxylic acids is 1. The minimum Gasteiger partial charge on any atom is -0.497 e. The van der Waals surface area contributed by atoms with Crippen LogP contribution in [0.4, 0.5) is 0 Å². The van der Waals surface area contributed by atoms with E-state index in [9.17, 15) is 4.79 Å². The third kappa shape index (κ3) is 4.37. The normalized spacial score (nSPS) is 19.9. The van der Waals surface area contributed by atoms with Gasteiger partial charge in [0.1, 0.15) is 5.75 Å². The molecular weight excluding hydrogens is 376 g/mol. The van der Waals surface area contributed by atoms with Gasteiger partial charge in [-0.3, -0.25) is 4.79 Å². The van der Waals surface area contributed by atoms with Crippen LogP contribution in [-0.2, 0) is 0 Å². The van der Waals surface area contributed by atoms with E-state index in [4.69, 9.17) is 4.74 Å². The maximum atomic E-state index is 13.4. The lowest BCUT2D eigenvalue weighted by molar-refractivity contribution is 0.0498. The fourth-order valence-electron chi connectivity index (χ4n) is 3.94. The van der Waals surface area contributed by atoms with Crippen LogP contribution in [0.5, 0.6) is 5.75 Å². The molecule has 0 bridgehead atoms. The SMILES string of the molecule is C=C/C=C(\C=C/C)c1nc(C(=O)N2C(C)CCCC2C)nn1-c1ccc(OC)cc1. The fourth-order valence-corrected chi connectivity index (χ4v) is 3.94. The van der Waals surface area contributed by atoms with Crippen molar-refractivity contribution in [2.45, 2.75) is 52.1 Å². The van der Waals surface area contributed by atoms with Gasteiger partial charge in [0, 0.05) is 17.7 Å². The van der Waals surface area contributed by atoms with Crippen molar-refractivity contribution >= 4 is 11.5 Å². The van der Waals surface area contributed by atoms with Gasteiger partial charge in [-0.2, -0.15) is 0 Å². The fraction of sp³-hybridized carbons (Fsp3) is 0.375. The first-order valence-electron chi connectivity index (χ1n) is 10.4. The van der Waals surface area contributed by atoms with E-state index in [-0.39, 0.29) is 23.8 Å². The zero-order valence-corrected chi connectivity index (χ0v) is 18.2. The van der Waals surface area contributed by atoms with Crippen molar-refractivity contribution in [1.82, 2.24) is 19.7 Å². The second kappa shape index (κ2) is 9.57. The first kappa shape index (κ1) is 21.6. The summed E-state index contributed by atoms with van der Waals surface area (Å²) in [5, 5.41) is 4.63. The molecule has 0 spiro atoms. The van der Waals surface area contributed by atoms with Gasteiger partial charge in [0.05, 0.1) is 12.8 Å². The predicted molar refractivity (Wildman–Crippen MR) is 120 cm³/mol. The number of likely N-dealkylation sites (tertiary alicyclic amines) is 1. The van der Waals surface area contributed by atoms with Gasteiger partial charge in [-0.05, 0) is 64.3 Å². The number of benzene rings is 1.